The van der Waals surface area contributed by atoms with Gasteiger partial charge in [-0.25, -0.2) is 0 Å². The highest BCUT2D eigenvalue weighted by molar-refractivity contribution is 5.93. The van der Waals surface area contributed by atoms with Crippen molar-refractivity contribution in [1.29, 1.82) is 0 Å². The minimum atomic E-state index is 0.481. The van der Waals surface area contributed by atoms with Crippen LogP contribution in [0.3, 0.4) is 0 Å². The first-order valence-electron chi connectivity index (χ1n) is 10.2. The zero-order valence-electron chi connectivity index (χ0n) is 17.1. The molecule has 2 heterocycles. The molecule has 0 amide bonds. The zero-order chi connectivity index (χ0) is 20.2. The fourth-order valence-electron chi connectivity index (χ4n) is 3.04. The summed E-state index contributed by atoms with van der Waals surface area (Å²) in [5.41, 5.74) is 0.932. The van der Waals surface area contributed by atoms with E-state index in [2.05, 4.69) is 10.6 Å². The SMILES string of the molecule is COCCCOc1cccc(NC(=NCC2CCOC2)NCCc2ccco2)c1. The van der Waals surface area contributed by atoms with E-state index in [-0.39, 0.29) is 0 Å². The molecule has 2 aromatic rings. The molecule has 1 aliphatic rings. The summed E-state index contributed by atoms with van der Waals surface area (Å²) in [5, 5.41) is 6.78. The highest BCUT2D eigenvalue weighted by atomic mass is 16.5. The zero-order valence-corrected chi connectivity index (χ0v) is 17.1. The van der Waals surface area contributed by atoms with Gasteiger partial charge in [0.15, 0.2) is 5.96 Å². The molecule has 7 nitrogen and oxygen atoms in total. The van der Waals surface area contributed by atoms with Crippen molar-refractivity contribution in [2.45, 2.75) is 19.3 Å². The first kappa shape index (κ1) is 21.2. The smallest absolute Gasteiger partial charge is 0.195 e. The highest BCUT2D eigenvalue weighted by Gasteiger charge is 2.15. The van der Waals surface area contributed by atoms with Crippen molar-refractivity contribution >= 4 is 11.6 Å². The fourth-order valence-corrected chi connectivity index (χ4v) is 3.04. The maximum Gasteiger partial charge on any atom is 0.195 e. The quantitative estimate of drug-likeness (QED) is 0.342. The maximum absolute atomic E-state index is 5.79. The number of guanidine groups is 1. The summed E-state index contributed by atoms with van der Waals surface area (Å²) in [7, 11) is 1.70. The summed E-state index contributed by atoms with van der Waals surface area (Å²) in [4.78, 5) is 4.76. The number of nitrogens with zero attached hydrogens (tertiary/aromatic N) is 1. The van der Waals surface area contributed by atoms with Crippen LogP contribution in [0.15, 0.2) is 52.1 Å². The van der Waals surface area contributed by atoms with Gasteiger partial charge in [-0.15, -0.1) is 0 Å². The van der Waals surface area contributed by atoms with E-state index < -0.39 is 0 Å². The average molecular weight is 402 g/mol. The molecule has 0 saturated carbocycles. The minimum Gasteiger partial charge on any atom is -0.493 e. The van der Waals surface area contributed by atoms with Crippen molar-refractivity contribution in [1.82, 2.24) is 5.32 Å². The molecular weight excluding hydrogens is 370 g/mol. The predicted molar refractivity (Wildman–Crippen MR) is 114 cm³/mol. The van der Waals surface area contributed by atoms with Gasteiger partial charge in [-0.05, 0) is 30.7 Å². The average Bonchev–Trinajstić information content (AvgIpc) is 3.44. The number of anilines is 1. The Morgan fingerprint density at radius 3 is 3.00 bits per heavy atom. The second kappa shape index (κ2) is 12.1. The molecule has 1 fully saturated rings. The monoisotopic (exact) mass is 401 g/mol. The van der Waals surface area contributed by atoms with E-state index in [0.29, 0.717) is 19.1 Å². The lowest BCUT2D eigenvalue weighted by atomic mass is 10.1. The van der Waals surface area contributed by atoms with Gasteiger partial charge in [-0.3, -0.25) is 4.99 Å². The van der Waals surface area contributed by atoms with Crippen LogP contribution in [0.1, 0.15) is 18.6 Å². The van der Waals surface area contributed by atoms with E-state index in [0.717, 1.165) is 68.7 Å². The van der Waals surface area contributed by atoms with E-state index in [1.807, 2.05) is 36.4 Å². The van der Waals surface area contributed by atoms with Gasteiger partial charge in [-0.2, -0.15) is 0 Å². The van der Waals surface area contributed by atoms with E-state index in [1.165, 1.54) is 0 Å². The van der Waals surface area contributed by atoms with Gasteiger partial charge in [0.05, 0.1) is 19.5 Å². The molecule has 0 spiro atoms. The maximum atomic E-state index is 5.79. The lowest BCUT2D eigenvalue weighted by Crippen LogP contribution is -2.33. The number of rotatable bonds is 11. The summed E-state index contributed by atoms with van der Waals surface area (Å²) in [6.07, 6.45) is 4.41. The number of methoxy groups -OCH3 is 1. The molecular formula is C22H31N3O4. The Bertz CT molecular complexity index is 727. The Balaban J connectivity index is 1.56. The van der Waals surface area contributed by atoms with Crippen LogP contribution >= 0.6 is 0 Å². The number of ether oxygens (including phenoxy) is 3. The van der Waals surface area contributed by atoms with Gasteiger partial charge >= 0.3 is 0 Å². The molecule has 1 unspecified atom stereocenters. The Labute approximate surface area is 172 Å². The van der Waals surface area contributed by atoms with E-state index in [9.17, 15) is 0 Å². The Morgan fingerprint density at radius 2 is 2.21 bits per heavy atom. The lowest BCUT2D eigenvalue weighted by Gasteiger charge is -2.14. The minimum absolute atomic E-state index is 0.481. The first-order chi connectivity index (χ1) is 14.3. The Kier molecular flexibility index (Phi) is 8.88. The van der Waals surface area contributed by atoms with Crippen molar-refractivity contribution in [2.24, 2.45) is 10.9 Å². The number of benzene rings is 1. The van der Waals surface area contributed by atoms with Crippen LogP contribution in [0, 0.1) is 5.92 Å². The van der Waals surface area contributed by atoms with Crippen molar-refractivity contribution < 1.29 is 18.6 Å². The molecule has 0 aliphatic carbocycles. The molecule has 1 aliphatic heterocycles. The molecule has 0 radical (unpaired) electrons. The summed E-state index contributed by atoms with van der Waals surface area (Å²) < 4.78 is 21.7. The topological polar surface area (TPSA) is 77.2 Å². The molecule has 158 valence electrons. The van der Waals surface area contributed by atoms with Crippen molar-refractivity contribution in [3.63, 3.8) is 0 Å². The van der Waals surface area contributed by atoms with Gasteiger partial charge in [0.25, 0.3) is 0 Å². The summed E-state index contributed by atoms with van der Waals surface area (Å²) in [5.74, 6) is 3.01. The van der Waals surface area contributed by atoms with Gasteiger partial charge < -0.3 is 29.3 Å². The molecule has 1 aromatic carbocycles. The molecule has 0 bridgehead atoms. The number of nitrogens with one attached hydrogen (secondary N) is 2. The first-order valence-corrected chi connectivity index (χ1v) is 10.2. The number of aliphatic imine (C=N–C) groups is 1. The number of hydrogen-bond donors (Lipinski definition) is 2. The summed E-state index contributed by atoms with van der Waals surface area (Å²) in [6.45, 7) is 4.41. The standard InChI is InChI=1S/C22H31N3O4/c1-26-11-4-13-29-21-6-2-5-19(15-21)25-22(24-16-18-9-14-27-17-18)23-10-8-20-7-3-12-28-20/h2-3,5-7,12,15,18H,4,8-11,13-14,16-17H2,1H3,(H2,23,24,25). The van der Waals surface area contributed by atoms with Crippen LogP contribution < -0.4 is 15.4 Å². The van der Waals surface area contributed by atoms with E-state index in [1.54, 1.807) is 13.4 Å². The van der Waals surface area contributed by atoms with Gasteiger partial charge in [0, 0.05) is 63.9 Å². The third-order valence-corrected chi connectivity index (χ3v) is 4.63. The lowest BCUT2D eigenvalue weighted by molar-refractivity contribution is 0.172. The molecule has 7 heteroatoms. The fraction of sp³-hybridized carbons (Fsp3) is 0.500. The summed E-state index contributed by atoms with van der Waals surface area (Å²) in [6, 6.07) is 11.8. The van der Waals surface area contributed by atoms with Crippen LogP contribution in [-0.2, 0) is 15.9 Å². The Morgan fingerprint density at radius 1 is 1.24 bits per heavy atom. The molecule has 1 atom stereocenters. The van der Waals surface area contributed by atoms with Crippen molar-refractivity contribution in [3.8, 4) is 5.75 Å². The molecule has 29 heavy (non-hydrogen) atoms. The van der Waals surface area contributed by atoms with Crippen LogP contribution in [0.5, 0.6) is 5.75 Å². The number of hydrogen-bond acceptors (Lipinski definition) is 5. The van der Waals surface area contributed by atoms with Crippen molar-refractivity contribution in [3.05, 3.63) is 48.4 Å². The summed E-state index contributed by atoms with van der Waals surface area (Å²) >= 11 is 0. The van der Waals surface area contributed by atoms with Gasteiger partial charge in [0.2, 0.25) is 0 Å². The molecule has 3 rings (SSSR count). The third-order valence-electron chi connectivity index (χ3n) is 4.63. The second-order valence-electron chi connectivity index (χ2n) is 7.02. The third kappa shape index (κ3) is 7.79. The van der Waals surface area contributed by atoms with Crippen LogP contribution in [0.4, 0.5) is 5.69 Å². The predicted octanol–water partition coefficient (Wildman–Crippen LogP) is 3.33. The largest absolute Gasteiger partial charge is 0.493 e. The highest BCUT2D eigenvalue weighted by Crippen LogP contribution is 2.18. The van der Waals surface area contributed by atoms with E-state index >= 15 is 0 Å². The van der Waals surface area contributed by atoms with E-state index in [4.69, 9.17) is 23.6 Å². The molecule has 2 N–H and O–H groups in total. The second-order valence-corrected chi connectivity index (χ2v) is 7.02. The van der Waals surface area contributed by atoms with Gasteiger partial charge in [0.1, 0.15) is 11.5 Å². The number of furan rings is 1. The van der Waals surface area contributed by atoms with Gasteiger partial charge in [-0.1, -0.05) is 6.07 Å². The Hall–Kier alpha value is -2.51. The van der Waals surface area contributed by atoms with Crippen LogP contribution in [-0.4, -0.2) is 52.6 Å². The normalized spacial score (nSPS) is 16.7. The van der Waals surface area contributed by atoms with Crippen LogP contribution in [0.2, 0.25) is 0 Å². The van der Waals surface area contributed by atoms with Crippen molar-refractivity contribution in [2.75, 3.05) is 51.9 Å². The van der Waals surface area contributed by atoms with Crippen LogP contribution in [0.25, 0.3) is 0 Å². The molecule has 1 aromatic heterocycles. The molecule has 1 saturated heterocycles.